The first-order valence-corrected chi connectivity index (χ1v) is 4.98. The molecule has 0 saturated heterocycles. The molecule has 0 unspecified atom stereocenters. The summed E-state index contributed by atoms with van der Waals surface area (Å²) in [5.41, 5.74) is 2.65. The minimum atomic E-state index is -0.148. The number of carbonyl (C=O) groups is 1. The van der Waals surface area contributed by atoms with Crippen molar-refractivity contribution in [2.24, 2.45) is 5.41 Å². The number of hydrogen-bond acceptors (Lipinski definition) is 2. The molecule has 0 aliphatic rings. The van der Waals surface area contributed by atoms with Crippen LogP contribution in [0.4, 0.5) is 0 Å². The van der Waals surface area contributed by atoms with E-state index in [2.05, 4.69) is 25.5 Å². The van der Waals surface area contributed by atoms with Crippen LogP contribution in [0.1, 0.15) is 47.5 Å². The molecule has 0 aromatic heterocycles. The molecule has 0 aromatic rings. The second-order valence-corrected chi connectivity index (χ2v) is 5.09. The zero-order valence-electron chi connectivity index (χ0n) is 10.2. The average molecular weight is 198 g/mol. The van der Waals surface area contributed by atoms with Gasteiger partial charge in [0.15, 0.2) is 0 Å². The number of methoxy groups -OCH3 is 1. The highest BCUT2D eigenvalue weighted by atomic mass is 16.5. The van der Waals surface area contributed by atoms with Crippen molar-refractivity contribution in [1.82, 2.24) is 0 Å². The Bertz CT molecular complexity index is 227. The second-order valence-electron chi connectivity index (χ2n) is 5.09. The molecule has 0 amide bonds. The standard InChI is InChI=1S/C12H22O2/c1-9(2)10(7-11(13)14-6)8-12(3,4)5/h7-8H2,1-6H3. The molecule has 82 valence electrons. The lowest BCUT2D eigenvalue weighted by Gasteiger charge is -2.21. The van der Waals surface area contributed by atoms with Gasteiger partial charge in [-0.2, -0.15) is 0 Å². The molecule has 2 nitrogen and oxygen atoms in total. The summed E-state index contributed by atoms with van der Waals surface area (Å²) in [7, 11) is 1.43. The normalized spacial score (nSPS) is 11.0. The number of carbonyl (C=O) groups excluding carboxylic acids is 1. The molecule has 0 heterocycles. The summed E-state index contributed by atoms with van der Waals surface area (Å²) in [5.74, 6) is -0.148. The predicted octanol–water partition coefficient (Wildman–Crippen LogP) is 3.32. The second kappa shape index (κ2) is 5.18. The number of allylic oxidation sites excluding steroid dienone is 1. The van der Waals surface area contributed by atoms with Crippen molar-refractivity contribution in [2.75, 3.05) is 7.11 Å². The molecular weight excluding hydrogens is 176 g/mol. The molecule has 0 radical (unpaired) electrons. The number of ether oxygens (including phenoxy) is 1. The third kappa shape index (κ3) is 5.79. The Morgan fingerprint density at radius 1 is 1.21 bits per heavy atom. The van der Waals surface area contributed by atoms with Crippen molar-refractivity contribution in [3.05, 3.63) is 11.1 Å². The van der Waals surface area contributed by atoms with Crippen molar-refractivity contribution in [3.8, 4) is 0 Å². The van der Waals surface area contributed by atoms with Crippen LogP contribution in [-0.4, -0.2) is 13.1 Å². The fourth-order valence-corrected chi connectivity index (χ4v) is 1.30. The molecule has 0 aromatic carbocycles. The first kappa shape index (κ1) is 13.2. The van der Waals surface area contributed by atoms with E-state index >= 15 is 0 Å². The van der Waals surface area contributed by atoms with Gasteiger partial charge in [0.25, 0.3) is 0 Å². The van der Waals surface area contributed by atoms with Crippen molar-refractivity contribution in [2.45, 2.75) is 47.5 Å². The van der Waals surface area contributed by atoms with E-state index in [0.29, 0.717) is 6.42 Å². The third-order valence-electron chi connectivity index (χ3n) is 2.04. The van der Waals surface area contributed by atoms with Crippen LogP contribution in [0.5, 0.6) is 0 Å². The van der Waals surface area contributed by atoms with Crippen LogP contribution in [0.15, 0.2) is 11.1 Å². The van der Waals surface area contributed by atoms with Gasteiger partial charge in [-0.25, -0.2) is 0 Å². The van der Waals surface area contributed by atoms with E-state index in [1.165, 1.54) is 18.3 Å². The minimum Gasteiger partial charge on any atom is -0.469 e. The zero-order chi connectivity index (χ0) is 11.4. The summed E-state index contributed by atoms with van der Waals surface area (Å²) in [6, 6.07) is 0. The van der Waals surface area contributed by atoms with E-state index in [4.69, 9.17) is 0 Å². The zero-order valence-corrected chi connectivity index (χ0v) is 10.2. The van der Waals surface area contributed by atoms with Gasteiger partial charge in [-0.15, -0.1) is 0 Å². The SMILES string of the molecule is COC(=O)CC(CC(C)(C)C)=C(C)C. The van der Waals surface area contributed by atoms with Crippen LogP contribution >= 0.6 is 0 Å². The first-order chi connectivity index (χ1) is 6.26. The quantitative estimate of drug-likeness (QED) is 0.513. The Morgan fingerprint density at radius 3 is 2.00 bits per heavy atom. The van der Waals surface area contributed by atoms with Crippen molar-refractivity contribution in [3.63, 3.8) is 0 Å². The van der Waals surface area contributed by atoms with E-state index in [-0.39, 0.29) is 11.4 Å². The Hall–Kier alpha value is -0.790. The van der Waals surface area contributed by atoms with Crippen LogP contribution < -0.4 is 0 Å². The van der Waals surface area contributed by atoms with Gasteiger partial charge >= 0.3 is 5.97 Å². The van der Waals surface area contributed by atoms with Gasteiger partial charge in [0.2, 0.25) is 0 Å². The summed E-state index contributed by atoms with van der Waals surface area (Å²) >= 11 is 0. The molecule has 0 aliphatic heterocycles. The number of rotatable bonds is 3. The summed E-state index contributed by atoms with van der Waals surface area (Å²) in [6.45, 7) is 10.6. The third-order valence-corrected chi connectivity index (χ3v) is 2.04. The lowest BCUT2D eigenvalue weighted by molar-refractivity contribution is -0.139. The fourth-order valence-electron chi connectivity index (χ4n) is 1.30. The predicted molar refractivity (Wildman–Crippen MR) is 59.1 cm³/mol. The van der Waals surface area contributed by atoms with Gasteiger partial charge in [0, 0.05) is 0 Å². The molecule has 0 bridgehead atoms. The highest BCUT2D eigenvalue weighted by molar-refractivity contribution is 5.72. The maximum atomic E-state index is 11.2. The fraction of sp³-hybridized carbons (Fsp3) is 0.750. The maximum Gasteiger partial charge on any atom is 0.309 e. The molecule has 0 atom stereocenters. The summed E-state index contributed by atoms with van der Waals surface area (Å²) < 4.78 is 4.67. The maximum absolute atomic E-state index is 11.2. The Kier molecular flexibility index (Phi) is 4.89. The molecule has 2 heteroatoms. The first-order valence-electron chi connectivity index (χ1n) is 4.98. The molecule has 0 fully saturated rings. The summed E-state index contributed by atoms with van der Waals surface area (Å²) in [4.78, 5) is 11.2. The number of hydrogen-bond donors (Lipinski definition) is 0. The van der Waals surface area contributed by atoms with Crippen LogP contribution in [0.3, 0.4) is 0 Å². The van der Waals surface area contributed by atoms with Gasteiger partial charge in [-0.05, 0) is 25.7 Å². The van der Waals surface area contributed by atoms with E-state index in [1.807, 2.05) is 13.8 Å². The highest BCUT2D eigenvalue weighted by Gasteiger charge is 2.16. The van der Waals surface area contributed by atoms with E-state index in [0.717, 1.165) is 6.42 Å². The van der Waals surface area contributed by atoms with Crippen LogP contribution in [-0.2, 0) is 9.53 Å². The highest BCUT2D eigenvalue weighted by Crippen LogP contribution is 2.27. The minimum absolute atomic E-state index is 0.148. The number of esters is 1. The van der Waals surface area contributed by atoms with Gasteiger partial charge in [0.1, 0.15) is 0 Å². The average Bonchev–Trinajstić information content (AvgIpc) is 2.00. The topological polar surface area (TPSA) is 26.3 Å². The van der Waals surface area contributed by atoms with Crippen LogP contribution in [0.2, 0.25) is 0 Å². The monoisotopic (exact) mass is 198 g/mol. The van der Waals surface area contributed by atoms with Crippen molar-refractivity contribution in [1.29, 1.82) is 0 Å². The molecule has 0 spiro atoms. The molecular formula is C12H22O2. The lowest BCUT2D eigenvalue weighted by Crippen LogP contribution is -2.11. The van der Waals surface area contributed by atoms with Crippen LogP contribution in [0, 0.1) is 5.41 Å². The van der Waals surface area contributed by atoms with Gasteiger partial charge < -0.3 is 4.74 Å². The van der Waals surface area contributed by atoms with E-state index in [1.54, 1.807) is 0 Å². The van der Waals surface area contributed by atoms with Crippen molar-refractivity contribution >= 4 is 5.97 Å². The Balaban J connectivity index is 4.50. The Labute approximate surface area is 87.3 Å². The van der Waals surface area contributed by atoms with E-state index in [9.17, 15) is 4.79 Å². The summed E-state index contributed by atoms with van der Waals surface area (Å²) in [5, 5.41) is 0. The van der Waals surface area contributed by atoms with Gasteiger partial charge in [-0.3, -0.25) is 4.79 Å². The van der Waals surface area contributed by atoms with Gasteiger partial charge in [-0.1, -0.05) is 31.9 Å². The van der Waals surface area contributed by atoms with E-state index < -0.39 is 0 Å². The molecule has 0 rings (SSSR count). The van der Waals surface area contributed by atoms with Gasteiger partial charge in [0.05, 0.1) is 13.5 Å². The lowest BCUT2D eigenvalue weighted by atomic mass is 9.85. The summed E-state index contributed by atoms with van der Waals surface area (Å²) in [6.07, 6.45) is 1.38. The smallest absolute Gasteiger partial charge is 0.309 e. The molecule has 0 saturated carbocycles. The van der Waals surface area contributed by atoms with Crippen molar-refractivity contribution < 1.29 is 9.53 Å². The largest absolute Gasteiger partial charge is 0.469 e. The Morgan fingerprint density at radius 2 is 1.71 bits per heavy atom. The molecule has 0 aliphatic carbocycles. The molecule has 0 N–H and O–H groups in total. The van der Waals surface area contributed by atoms with Crippen LogP contribution in [0.25, 0.3) is 0 Å². The molecule has 14 heavy (non-hydrogen) atoms.